The molecule has 35 heavy (non-hydrogen) atoms. The highest BCUT2D eigenvalue weighted by atomic mass is 16.5. The Balaban J connectivity index is 1.51. The third-order valence-corrected chi connectivity index (χ3v) is 5.55. The number of hydrogen-bond acceptors (Lipinski definition) is 9. The Hall–Kier alpha value is -4.51. The van der Waals surface area contributed by atoms with Crippen molar-refractivity contribution in [2.45, 2.75) is 25.9 Å². The van der Waals surface area contributed by atoms with E-state index >= 15 is 0 Å². The molecule has 4 N–H and O–H groups in total. The van der Waals surface area contributed by atoms with Crippen molar-refractivity contribution in [1.82, 2.24) is 29.9 Å². The fourth-order valence-electron chi connectivity index (χ4n) is 3.82. The number of rotatable bonds is 8. The van der Waals surface area contributed by atoms with Crippen LogP contribution in [-0.4, -0.2) is 41.6 Å². The third kappa shape index (κ3) is 4.49. The van der Waals surface area contributed by atoms with Gasteiger partial charge < -0.3 is 20.3 Å². The van der Waals surface area contributed by atoms with Gasteiger partial charge in [-0.25, -0.2) is 9.97 Å². The fraction of sp³-hybridized carbons (Fsp3) is 0.208. The number of fused-ring (bicyclic) bond motifs is 1. The lowest BCUT2D eigenvalue weighted by atomic mass is 10.1. The predicted molar refractivity (Wildman–Crippen MR) is 131 cm³/mol. The van der Waals surface area contributed by atoms with Crippen LogP contribution in [0.15, 0.2) is 70.4 Å². The number of aliphatic hydroxyl groups is 1. The Labute approximate surface area is 199 Å². The summed E-state index contributed by atoms with van der Waals surface area (Å²) < 4.78 is 6.98. The van der Waals surface area contributed by atoms with Crippen LogP contribution in [0.4, 0.5) is 17.3 Å². The van der Waals surface area contributed by atoms with E-state index in [0.29, 0.717) is 39.8 Å². The van der Waals surface area contributed by atoms with Gasteiger partial charge in [-0.15, -0.1) is 0 Å². The number of nitrogens with one attached hydrogen (secondary N) is 3. The van der Waals surface area contributed by atoms with Crippen molar-refractivity contribution >= 4 is 28.4 Å². The van der Waals surface area contributed by atoms with Gasteiger partial charge in [0.1, 0.15) is 11.6 Å². The summed E-state index contributed by atoms with van der Waals surface area (Å²) in [6.45, 7) is 3.81. The number of aromatic nitrogens is 6. The minimum Gasteiger partial charge on any atom is -0.394 e. The van der Waals surface area contributed by atoms with E-state index in [9.17, 15) is 9.90 Å². The third-order valence-electron chi connectivity index (χ3n) is 5.55. The molecule has 0 aliphatic rings. The smallest absolute Gasteiger partial charge is 0.273 e. The highest BCUT2D eigenvalue weighted by Gasteiger charge is 2.18. The van der Waals surface area contributed by atoms with Gasteiger partial charge in [0.25, 0.3) is 11.4 Å². The lowest BCUT2D eigenvalue weighted by Crippen LogP contribution is -2.15. The molecular weight excluding hydrogens is 448 g/mol. The van der Waals surface area contributed by atoms with Crippen LogP contribution in [0.1, 0.15) is 31.5 Å². The van der Waals surface area contributed by atoms with Gasteiger partial charge >= 0.3 is 0 Å². The van der Waals surface area contributed by atoms with Gasteiger partial charge in [-0.2, -0.15) is 4.98 Å². The molecule has 0 saturated carbocycles. The predicted octanol–water partition coefficient (Wildman–Crippen LogP) is 3.64. The van der Waals surface area contributed by atoms with Crippen LogP contribution >= 0.6 is 0 Å². The number of pyridine rings is 2. The summed E-state index contributed by atoms with van der Waals surface area (Å²) in [7, 11) is 0. The van der Waals surface area contributed by atoms with Crippen LogP contribution in [0.2, 0.25) is 0 Å². The first-order valence-corrected chi connectivity index (χ1v) is 11.1. The molecule has 4 aromatic heterocycles. The van der Waals surface area contributed by atoms with Gasteiger partial charge in [-0.3, -0.25) is 14.6 Å². The van der Waals surface area contributed by atoms with Gasteiger partial charge in [0.05, 0.1) is 29.3 Å². The largest absolute Gasteiger partial charge is 0.394 e. The van der Waals surface area contributed by atoms with Crippen LogP contribution in [0.25, 0.3) is 22.5 Å². The second-order valence-electron chi connectivity index (χ2n) is 8.25. The Morgan fingerprint density at radius 1 is 1.11 bits per heavy atom. The zero-order valence-electron chi connectivity index (χ0n) is 19.1. The van der Waals surface area contributed by atoms with E-state index in [2.05, 4.69) is 35.8 Å². The molecule has 0 spiro atoms. The number of aromatic amines is 1. The van der Waals surface area contributed by atoms with Crippen LogP contribution < -0.4 is 16.2 Å². The minimum atomic E-state index is -0.372. The van der Waals surface area contributed by atoms with Gasteiger partial charge in [0.15, 0.2) is 12.0 Å². The maximum absolute atomic E-state index is 12.2. The second kappa shape index (κ2) is 9.39. The van der Waals surface area contributed by atoms with Crippen molar-refractivity contribution in [3.63, 3.8) is 0 Å². The quantitative estimate of drug-likeness (QED) is 0.266. The molecule has 5 aromatic rings. The molecule has 4 heterocycles. The zero-order chi connectivity index (χ0) is 24.4. The molecule has 0 fully saturated rings. The molecule has 11 heteroatoms. The molecule has 0 unspecified atom stereocenters. The van der Waals surface area contributed by atoms with Crippen molar-refractivity contribution in [2.24, 2.45) is 0 Å². The van der Waals surface area contributed by atoms with Crippen LogP contribution in [-0.2, 0) is 0 Å². The van der Waals surface area contributed by atoms with Crippen molar-refractivity contribution < 1.29 is 9.63 Å². The highest BCUT2D eigenvalue weighted by Crippen LogP contribution is 2.31. The fourth-order valence-corrected chi connectivity index (χ4v) is 3.82. The number of H-pyrrole nitrogens is 1. The summed E-state index contributed by atoms with van der Waals surface area (Å²) in [5.74, 6) is 1.32. The molecule has 0 bridgehead atoms. The molecule has 0 saturated heterocycles. The standard InChI is InChI=1S/C24H24N8O3/c1-14(2)32-22-16(23(34)31-32)8-9-20(30-22)29-21-10-18(17(11-25-21)24-26-13-27-35-24)28-19(12-33)15-6-4-3-5-7-15/h3-11,13-14,19,33H,12H2,1-2H3,(H,31,34)(H2,25,28,29,30)/t19-/m1/s1. The minimum absolute atomic E-state index is 0.0407. The maximum atomic E-state index is 12.2. The van der Waals surface area contributed by atoms with Crippen LogP contribution in [0, 0.1) is 0 Å². The second-order valence-corrected chi connectivity index (χ2v) is 8.25. The van der Waals surface area contributed by atoms with E-state index in [0.717, 1.165) is 5.56 Å². The Morgan fingerprint density at radius 2 is 1.94 bits per heavy atom. The lowest BCUT2D eigenvalue weighted by Gasteiger charge is -2.20. The van der Waals surface area contributed by atoms with Crippen LogP contribution in [0.5, 0.6) is 0 Å². The van der Waals surface area contributed by atoms with E-state index in [1.165, 1.54) is 6.33 Å². The summed E-state index contributed by atoms with van der Waals surface area (Å²) in [5.41, 5.74) is 2.52. The zero-order valence-corrected chi connectivity index (χ0v) is 19.1. The first-order chi connectivity index (χ1) is 17.0. The van der Waals surface area contributed by atoms with Crippen molar-refractivity contribution in [3.8, 4) is 11.5 Å². The number of nitrogens with zero attached hydrogens (tertiary/aromatic N) is 5. The first-order valence-electron chi connectivity index (χ1n) is 11.1. The molecule has 178 valence electrons. The molecular formula is C24H24N8O3. The molecule has 1 aromatic carbocycles. The van der Waals surface area contributed by atoms with E-state index in [-0.39, 0.29) is 24.2 Å². The summed E-state index contributed by atoms with van der Waals surface area (Å²) in [5, 5.41) is 23.6. The van der Waals surface area contributed by atoms with E-state index in [1.54, 1.807) is 29.1 Å². The average molecular weight is 473 g/mol. The molecule has 0 aliphatic heterocycles. The van der Waals surface area contributed by atoms with Crippen molar-refractivity contribution in [2.75, 3.05) is 17.2 Å². The monoisotopic (exact) mass is 472 g/mol. The van der Waals surface area contributed by atoms with Crippen LogP contribution in [0.3, 0.4) is 0 Å². The van der Waals surface area contributed by atoms with Gasteiger partial charge in [0.2, 0.25) is 0 Å². The summed E-state index contributed by atoms with van der Waals surface area (Å²) in [4.78, 5) is 25.5. The van der Waals surface area contributed by atoms with E-state index < -0.39 is 0 Å². The molecule has 1 atom stereocenters. The number of benzene rings is 1. The molecule has 5 rings (SSSR count). The Bertz CT molecular complexity index is 1490. The van der Waals surface area contributed by atoms with E-state index in [1.807, 2.05) is 44.2 Å². The maximum Gasteiger partial charge on any atom is 0.273 e. The number of hydrogen-bond donors (Lipinski definition) is 4. The Morgan fingerprint density at radius 3 is 2.66 bits per heavy atom. The SMILES string of the molecule is CC(C)n1[nH]c(=O)c2ccc(Nc3cc(N[C@H](CO)c4ccccc4)c(-c4ncno4)cn3)nc21. The van der Waals surface area contributed by atoms with Gasteiger partial charge in [0, 0.05) is 18.3 Å². The molecule has 0 radical (unpaired) electrons. The summed E-state index contributed by atoms with van der Waals surface area (Å²) >= 11 is 0. The first kappa shape index (κ1) is 22.3. The lowest BCUT2D eigenvalue weighted by molar-refractivity contribution is 0.276. The molecule has 0 aliphatic carbocycles. The molecule has 0 amide bonds. The van der Waals surface area contributed by atoms with Crippen molar-refractivity contribution in [1.29, 1.82) is 0 Å². The highest BCUT2D eigenvalue weighted by molar-refractivity contribution is 5.79. The topological polar surface area (TPSA) is 147 Å². The van der Waals surface area contributed by atoms with Gasteiger partial charge in [-0.05, 0) is 31.5 Å². The van der Waals surface area contributed by atoms with Gasteiger partial charge in [-0.1, -0.05) is 35.5 Å². The normalized spacial score (nSPS) is 12.2. The molecule has 11 nitrogen and oxygen atoms in total. The van der Waals surface area contributed by atoms with Crippen molar-refractivity contribution in [3.05, 3.63) is 77.0 Å². The van der Waals surface area contributed by atoms with E-state index in [4.69, 9.17) is 4.52 Å². The summed E-state index contributed by atoms with van der Waals surface area (Å²) in [6, 6.07) is 14.5. The summed E-state index contributed by atoms with van der Waals surface area (Å²) in [6.07, 6.45) is 2.92. The average Bonchev–Trinajstić information content (AvgIpc) is 3.51. The number of anilines is 3. The Kier molecular flexibility index (Phi) is 5.98. The number of aliphatic hydroxyl groups excluding tert-OH is 1.